The number of nitrogens with one attached hydrogen (secondary N) is 1. The van der Waals surface area contributed by atoms with Crippen molar-refractivity contribution in [1.82, 2.24) is 5.32 Å². The van der Waals surface area contributed by atoms with E-state index in [1.165, 1.54) is 17.7 Å². The molecule has 0 saturated heterocycles. The minimum Gasteiger partial charge on any atom is -0.398 e. The van der Waals surface area contributed by atoms with Gasteiger partial charge in [0.15, 0.2) is 0 Å². The second kappa shape index (κ2) is 5.38. The number of aliphatic hydroxyl groups is 1. The van der Waals surface area contributed by atoms with E-state index in [0.29, 0.717) is 0 Å². The first kappa shape index (κ1) is 12.9. The van der Waals surface area contributed by atoms with E-state index < -0.39 is 0 Å². The maximum atomic E-state index is 9.64. The average molecular weight is 254 g/mol. The quantitative estimate of drug-likeness (QED) is 0.773. The molecule has 0 aliphatic heterocycles. The minimum atomic E-state index is -0.0804. The van der Waals surface area contributed by atoms with E-state index in [4.69, 9.17) is 5.73 Å². The Morgan fingerprint density at radius 3 is 2.76 bits per heavy atom. The van der Waals surface area contributed by atoms with E-state index in [1.54, 1.807) is 11.3 Å². The molecule has 4 N–H and O–H groups in total. The average Bonchev–Trinajstić information content (AvgIpc) is 2.75. The van der Waals surface area contributed by atoms with Gasteiger partial charge in [0, 0.05) is 22.6 Å². The van der Waals surface area contributed by atoms with Gasteiger partial charge in [-0.05, 0) is 43.0 Å². The Kier molecular flexibility index (Phi) is 4.07. The van der Waals surface area contributed by atoms with Crippen LogP contribution in [0.15, 0.2) is 11.4 Å². The Labute approximate surface area is 107 Å². The summed E-state index contributed by atoms with van der Waals surface area (Å²) in [6.07, 6.45) is 4.53. The molecule has 96 valence electrons. The normalized spacial score (nSPS) is 29.4. The molecule has 1 saturated carbocycles. The van der Waals surface area contributed by atoms with E-state index in [2.05, 4.69) is 12.2 Å². The molecule has 1 heterocycles. The molecule has 0 spiro atoms. The molecular weight excluding hydrogens is 232 g/mol. The van der Waals surface area contributed by atoms with Gasteiger partial charge in [-0.3, -0.25) is 0 Å². The SMILES string of the molecule is CC1CCC(CO)(NCc2sccc2N)CC1. The number of thiophene rings is 1. The second-order valence-electron chi connectivity index (χ2n) is 5.27. The van der Waals surface area contributed by atoms with Gasteiger partial charge in [-0.15, -0.1) is 11.3 Å². The van der Waals surface area contributed by atoms with Gasteiger partial charge >= 0.3 is 0 Å². The van der Waals surface area contributed by atoms with E-state index in [9.17, 15) is 5.11 Å². The predicted octanol–water partition coefficient (Wildman–Crippen LogP) is 2.36. The molecule has 1 fully saturated rings. The number of rotatable bonds is 4. The van der Waals surface area contributed by atoms with Gasteiger partial charge in [-0.1, -0.05) is 6.92 Å². The fraction of sp³-hybridized carbons (Fsp3) is 0.692. The third kappa shape index (κ3) is 3.00. The van der Waals surface area contributed by atoms with Gasteiger partial charge in [0.2, 0.25) is 0 Å². The number of hydrogen-bond acceptors (Lipinski definition) is 4. The molecule has 0 aromatic carbocycles. The molecular formula is C13H22N2OS. The summed E-state index contributed by atoms with van der Waals surface area (Å²) >= 11 is 1.68. The molecule has 4 heteroatoms. The van der Waals surface area contributed by atoms with Crippen LogP contribution >= 0.6 is 11.3 Å². The fourth-order valence-electron chi connectivity index (χ4n) is 2.47. The minimum absolute atomic E-state index is 0.0804. The van der Waals surface area contributed by atoms with Gasteiger partial charge < -0.3 is 16.2 Å². The van der Waals surface area contributed by atoms with Crippen molar-refractivity contribution >= 4 is 17.0 Å². The highest BCUT2D eigenvalue weighted by molar-refractivity contribution is 7.10. The van der Waals surface area contributed by atoms with Crippen molar-refractivity contribution in [3.8, 4) is 0 Å². The zero-order valence-electron chi connectivity index (χ0n) is 10.4. The molecule has 1 aromatic heterocycles. The second-order valence-corrected chi connectivity index (χ2v) is 6.27. The Balaban J connectivity index is 1.94. The first-order valence-corrected chi connectivity index (χ1v) is 7.21. The molecule has 3 nitrogen and oxygen atoms in total. The van der Waals surface area contributed by atoms with Crippen LogP contribution in [-0.2, 0) is 6.54 Å². The molecule has 0 bridgehead atoms. The van der Waals surface area contributed by atoms with Gasteiger partial charge in [0.05, 0.1) is 6.61 Å². The Bertz CT molecular complexity index is 356. The summed E-state index contributed by atoms with van der Waals surface area (Å²) < 4.78 is 0. The lowest BCUT2D eigenvalue weighted by atomic mass is 9.77. The number of aliphatic hydroxyl groups excluding tert-OH is 1. The van der Waals surface area contributed by atoms with Crippen LogP contribution in [-0.4, -0.2) is 17.3 Å². The van der Waals surface area contributed by atoms with Gasteiger partial charge in [0.1, 0.15) is 0 Å². The largest absolute Gasteiger partial charge is 0.398 e. The third-order valence-electron chi connectivity index (χ3n) is 3.94. The van der Waals surface area contributed by atoms with Crippen LogP contribution in [0.25, 0.3) is 0 Å². The molecule has 2 rings (SSSR count). The van der Waals surface area contributed by atoms with Gasteiger partial charge in [0.25, 0.3) is 0 Å². The highest BCUT2D eigenvalue weighted by Crippen LogP contribution is 2.32. The van der Waals surface area contributed by atoms with Crippen LogP contribution in [0.2, 0.25) is 0 Å². The lowest BCUT2D eigenvalue weighted by Gasteiger charge is -2.39. The highest BCUT2D eigenvalue weighted by atomic mass is 32.1. The monoisotopic (exact) mass is 254 g/mol. The summed E-state index contributed by atoms with van der Waals surface area (Å²) in [6, 6.07) is 1.94. The first-order valence-electron chi connectivity index (χ1n) is 6.33. The fourth-order valence-corrected chi connectivity index (χ4v) is 3.21. The van der Waals surface area contributed by atoms with Crippen LogP contribution in [0.5, 0.6) is 0 Å². The predicted molar refractivity (Wildman–Crippen MR) is 73.0 cm³/mol. The van der Waals surface area contributed by atoms with Crippen molar-refractivity contribution in [2.75, 3.05) is 12.3 Å². The third-order valence-corrected chi connectivity index (χ3v) is 4.87. The summed E-state index contributed by atoms with van der Waals surface area (Å²) in [5.74, 6) is 0.795. The van der Waals surface area contributed by atoms with Crippen molar-refractivity contribution in [2.45, 2.75) is 44.7 Å². The highest BCUT2D eigenvalue weighted by Gasteiger charge is 2.33. The maximum absolute atomic E-state index is 9.64. The van der Waals surface area contributed by atoms with Crippen LogP contribution in [0, 0.1) is 5.92 Å². The van der Waals surface area contributed by atoms with Gasteiger partial charge in [-0.2, -0.15) is 0 Å². The first-order chi connectivity index (χ1) is 8.15. The van der Waals surface area contributed by atoms with E-state index in [-0.39, 0.29) is 12.1 Å². The van der Waals surface area contributed by atoms with Crippen molar-refractivity contribution in [3.05, 3.63) is 16.3 Å². The van der Waals surface area contributed by atoms with Crippen molar-refractivity contribution in [3.63, 3.8) is 0 Å². The number of nitrogen functional groups attached to an aromatic ring is 1. The van der Waals surface area contributed by atoms with E-state index in [1.807, 2.05) is 11.4 Å². The lowest BCUT2D eigenvalue weighted by molar-refractivity contribution is 0.104. The summed E-state index contributed by atoms with van der Waals surface area (Å²) in [6.45, 7) is 3.29. The summed E-state index contributed by atoms with van der Waals surface area (Å²) in [4.78, 5) is 1.18. The molecule has 0 amide bonds. The topological polar surface area (TPSA) is 58.3 Å². The van der Waals surface area contributed by atoms with Crippen LogP contribution in [0.1, 0.15) is 37.5 Å². The standard InChI is InChI=1S/C13H22N2OS/c1-10-2-5-13(9-16,6-3-10)15-8-12-11(14)4-7-17-12/h4,7,10,15-16H,2-3,5-6,8-9,14H2,1H3. The molecule has 0 radical (unpaired) electrons. The summed E-state index contributed by atoms with van der Waals surface area (Å²) in [5, 5.41) is 15.2. The van der Waals surface area contributed by atoms with Gasteiger partial charge in [-0.25, -0.2) is 0 Å². The number of hydrogen-bond donors (Lipinski definition) is 3. The molecule has 17 heavy (non-hydrogen) atoms. The zero-order chi connectivity index (χ0) is 12.3. The van der Waals surface area contributed by atoms with Crippen LogP contribution in [0.3, 0.4) is 0 Å². The van der Waals surface area contributed by atoms with Crippen molar-refractivity contribution in [2.24, 2.45) is 5.92 Å². The van der Waals surface area contributed by atoms with Crippen LogP contribution < -0.4 is 11.1 Å². The summed E-state index contributed by atoms with van der Waals surface area (Å²) in [7, 11) is 0. The van der Waals surface area contributed by atoms with Crippen LogP contribution in [0.4, 0.5) is 5.69 Å². The lowest BCUT2D eigenvalue weighted by Crippen LogP contribution is -2.50. The molecule has 0 atom stereocenters. The Morgan fingerprint density at radius 2 is 2.24 bits per heavy atom. The Hall–Kier alpha value is -0.580. The van der Waals surface area contributed by atoms with Crippen molar-refractivity contribution in [1.29, 1.82) is 0 Å². The maximum Gasteiger partial charge on any atom is 0.0613 e. The smallest absolute Gasteiger partial charge is 0.0613 e. The van der Waals surface area contributed by atoms with Crippen molar-refractivity contribution < 1.29 is 5.11 Å². The van der Waals surface area contributed by atoms with E-state index >= 15 is 0 Å². The number of anilines is 1. The molecule has 0 unspecified atom stereocenters. The van der Waals surface area contributed by atoms with E-state index in [0.717, 1.165) is 31.0 Å². The number of nitrogens with two attached hydrogens (primary N) is 1. The zero-order valence-corrected chi connectivity index (χ0v) is 11.2. The molecule has 1 aliphatic carbocycles. The molecule has 1 aliphatic rings. The Morgan fingerprint density at radius 1 is 1.53 bits per heavy atom. The molecule has 1 aromatic rings. The summed E-state index contributed by atoms with van der Waals surface area (Å²) in [5.41, 5.74) is 6.65.